The van der Waals surface area contributed by atoms with Gasteiger partial charge in [0.05, 0.1) is 6.04 Å². The molecule has 0 radical (unpaired) electrons. The van der Waals surface area contributed by atoms with E-state index in [1.807, 2.05) is 23.1 Å². The number of likely N-dealkylation sites (tertiary alicyclic amines) is 1. The van der Waals surface area contributed by atoms with Gasteiger partial charge in [0.2, 0.25) is 0 Å². The van der Waals surface area contributed by atoms with E-state index in [1.54, 1.807) is 7.11 Å². The highest BCUT2D eigenvalue weighted by Crippen LogP contribution is 2.37. The first-order chi connectivity index (χ1) is 11.3. The van der Waals surface area contributed by atoms with Crippen molar-refractivity contribution in [3.63, 3.8) is 0 Å². The Balaban J connectivity index is 1.65. The van der Waals surface area contributed by atoms with Gasteiger partial charge >= 0.3 is 6.03 Å². The van der Waals surface area contributed by atoms with Crippen LogP contribution in [0.15, 0.2) is 18.2 Å². The van der Waals surface area contributed by atoms with Crippen LogP contribution < -0.4 is 14.8 Å². The molecule has 6 heteroatoms. The molecule has 0 unspecified atom stereocenters. The fraction of sp³-hybridized carbons (Fsp3) is 0.588. The second-order valence-corrected chi connectivity index (χ2v) is 5.83. The van der Waals surface area contributed by atoms with Gasteiger partial charge in [-0.1, -0.05) is 6.07 Å². The second-order valence-electron chi connectivity index (χ2n) is 5.83. The topological polar surface area (TPSA) is 60.0 Å². The van der Waals surface area contributed by atoms with Crippen LogP contribution in [0.4, 0.5) is 4.79 Å². The largest absolute Gasteiger partial charge is 0.486 e. The van der Waals surface area contributed by atoms with E-state index >= 15 is 0 Å². The molecule has 23 heavy (non-hydrogen) atoms. The Labute approximate surface area is 136 Å². The molecule has 0 aliphatic carbocycles. The summed E-state index contributed by atoms with van der Waals surface area (Å²) in [5.41, 5.74) is 1.11. The molecule has 1 aromatic carbocycles. The standard InChI is InChI=1S/C17H24N2O4/c1-21-9-3-7-18-17(20)19-8-2-4-14(19)13-5-6-15-16(12-13)23-11-10-22-15/h5-6,12,14H,2-4,7-11H2,1H3,(H,18,20)/t14-/m0/s1. The van der Waals surface area contributed by atoms with E-state index in [1.165, 1.54) is 0 Å². The quantitative estimate of drug-likeness (QED) is 0.846. The lowest BCUT2D eigenvalue weighted by Gasteiger charge is -2.27. The van der Waals surface area contributed by atoms with E-state index in [0.29, 0.717) is 26.4 Å². The minimum Gasteiger partial charge on any atom is -0.486 e. The van der Waals surface area contributed by atoms with Crippen LogP contribution in [0.5, 0.6) is 11.5 Å². The minimum atomic E-state index is -0.00140. The maximum absolute atomic E-state index is 12.4. The molecule has 2 amide bonds. The van der Waals surface area contributed by atoms with Crippen molar-refractivity contribution in [1.29, 1.82) is 0 Å². The fourth-order valence-electron chi connectivity index (χ4n) is 3.14. The number of methoxy groups -OCH3 is 1. The van der Waals surface area contributed by atoms with Crippen molar-refractivity contribution in [2.45, 2.75) is 25.3 Å². The smallest absolute Gasteiger partial charge is 0.317 e. The highest BCUT2D eigenvalue weighted by atomic mass is 16.6. The number of nitrogens with one attached hydrogen (secondary N) is 1. The average molecular weight is 320 g/mol. The molecule has 0 bridgehead atoms. The molecule has 2 aliphatic heterocycles. The van der Waals surface area contributed by atoms with Crippen LogP contribution in [0.1, 0.15) is 30.9 Å². The molecule has 0 saturated carbocycles. The van der Waals surface area contributed by atoms with Crippen LogP contribution in [0, 0.1) is 0 Å². The maximum atomic E-state index is 12.4. The molecule has 0 spiro atoms. The van der Waals surface area contributed by atoms with Gasteiger partial charge in [0, 0.05) is 26.8 Å². The predicted octanol–water partition coefficient (Wildman–Crippen LogP) is 2.34. The molecule has 0 aromatic heterocycles. The number of amides is 2. The second kappa shape index (κ2) is 7.55. The zero-order valence-electron chi connectivity index (χ0n) is 13.5. The molecule has 2 aliphatic rings. The van der Waals surface area contributed by atoms with E-state index in [9.17, 15) is 4.79 Å². The van der Waals surface area contributed by atoms with Crippen molar-refractivity contribution in [2.75, 3.05) is 40.0 Å². The number of carbonyl (C=O) groups excluding carboxylic acids is 1. The van der Waals surface area contributed by atoms with Crippen molar-refractivity contribution < 1.29 is 19.0 Å². The molecule has 3 rings (SSSR count). The summed E-state index contributed by atoms with van der Waals surface area (Å²) in [6.07, 6.45) is 2.82. The van der Waals surface area contributed by atoms with Crippen LogP contribution in [-0.4, -0.2) is 51.0 Å². The zero-order valence-corrected chi connectivity index (χ0v) is 13.5. The van der Waals surface area contributed by atoms with Gasteiger partial charge in [-0.15, -0.1) is 0 Å². The Hall–Kier alpha value is -1.95. The minimum absolute atomic E-state index is 0.00140. The summed E-state index contributed by atoms with van der Waals surface area (Å²) in [6.45, 7) is 3.24. The van der Waals surface area contributed by atoms with Gasteiger partial charge < -0.3 is 24.4 Å². The molecule has 2 heterocycles. The van der Waals surface area contributed by atoms with Crippen molar-refractivity contribution in [1.82, 2.24) is 10.2 Å². The third-order valence-electron chi connectivity index (χ3n) is 4.27. The first-order valence-corrected chi connectivity index (χ1v) is 8.22. The van der Waals surface area contributed by atoms with Gasteiger partial charge in [-0.25, -0.2) is 4.79 Å². The average Bonchev–Trinajstić information content (AvgIpc) is 3.08. The molecule has 1 N–H and O–H groups in total. The third-order valence-corrected chi connectivity index (χ3v) is 4.27. The Kier molecular flexibility index (Phi) is 5.23. The lowest BCUT2D eigenvalue weighted by Crippen LogP contribution is -2.40. The number of rotatable bonds is 5. The highest BCUT2D eigenvalue weighted by molar-refractivity contribution is 5.75. The van der Waals surface area contributed by atoms with Gasteiger partial charge in [-0.05, 0) is 37.0 Å². The van der Waals surface area contributed by atoms with Crippen LogP contribution in [0.2, 0.25) is 0 Å². The van der Waals surface area contributed by atoms with E-state index in [4.69, 9.17) is 14.2 Å². The van der Waals surface area contributed by atoms with Crippen LogP contribution in [-0.2, 0) is 4.74 Å². The van der Waals surface area contributed by atoms with Gasteiger partial charge in [-0.3, -0.25) is 0 Å². The van der Waals surface area contributed by atoms with Crippen LogP contribution >= 0.6 is 0 Å². The first kappa shape index (κ1) is 15.9. The monoisotopic (exact) mass is 320 g/mol. The van der Waals surface area contributed by atoms with Crippen molar-refractivity contribution in [3.05, 3.63) is 23.8 Å². The van der Waals surface area contributed by atoms with E-state index in [0.717, 1.165) is 42.9 Å². The number of hydrogen-bond acceptors (Lipinski definition) is 4. The summed E-state index contributed by atoms with van der Waals surface area (Å²) in [6, 6.07) is 6.09. The fourth-order valence-corrected chi connectivity index (χ4v) is 3.14. The molecule has 1 aromatic rings. The molecule has 6 nitrogen and oxygen atoms in total. The zero-order chi connectivity index (χ0) is 16.1. The van der Waals surface area contributed by atoms with Crippen molar-refractivity contribution in [3.8, 4) is 11.5 Å². The maximum Gasteiger partial charge on any atom is 0.317 e. The lowest BCUT2D eigenvalue weighted by atomic mass is 10.0. The van der Waals surface area contributed by atoms with Gasteiger partial charge in [0.1, 0.15) is 13.2 Å². The Morgan fingerprint density at radius 2 is 2.17 bits per heavy atom. The molecule has 1 atom stereocenters. The Morgan fingerprint density at radius 3 is 3.00 bits per heavy atom. The lowest BCUT2D eigenvalue weighted by molar-refractivity contribution is 0.170. The summed E-state index contributed by atoms with van der Waals surface area (Å²) in [5, 5.41) is 2.97. The summed E-state index contributed by atoms with van der Waals surface area (Å²) < 4.78 is 16.2. The Morgan fingerprint density at radius 1 is 1.35 bits per heavy atom. The summed E-state index contributed by atoms with van der Waals surface area (Å²) in [7, 11) is 1.67. The number of carbonyl (C=O) groups is 1. The van der Waals surface area contributed by atoms with Crippen LogP contribution in [0.3, 0.4) is 0 Å². The molecule has 1 fully saturated rings. The van der Waals surface area contributed by atoms with Gasteiger partial charge in [0.25, 0.3) is 0 Å². The predicted molar refractivity (Wildman–Crippen MR) is 86.0 cm³/mol. The van der Waals surface area contributed by atoms with E-state index < -0.39 is 0 Å². The number of hydrogen-bond donors (Lipinski definition) is 1. The number of ether oxygens (including phenoxy) is 3. The number of nitrogens with zero attached hydrogens (tertiary/aromatic N) is 1. The highest BCUT2D eigenvalue weighted by Gasteiger charge is 2.30. The third kappa shape index (κ3) is 3.69. The van der Waals surface area contributed by atoms with Gasteiger partial charge in [0.15, 0.2) is 11.5 Å². The normalized spacial score (nSPS) is 19.7. The Bertz CT molecular complexity index is 549. The van der Waals surface area contributed by atoms with Crippen molar-refractivity contribution in [2.24, 2.45) is 0 Å². The first-order valence-electron chi connectivity index (χ1n) is 8.22. The summed E-state index contributed by atoms with van der Waals surface area (Å²) in [5.74, 6) is 1.56. The van der Waals surface area contributed by atoms with Crippen LogP contribution in [0.25, 0.3) is 0 Å². The SMILES string of the molecule is COCCCNC(=O)N1CCC[C@H]1c1ccc2c(c1)OCCO2. The van der Waals surface area contributed by atoms with Crippen molar-refractivity contribution >= 4 is 6.03 Å². The molecular weight excluding hydrogens is 296 g/mol. The number of fused-ring (bicyclic) bond motifs is 1. The summed E-state index contributed by atoms with van der Waals surface area (Å²) in [4.78, 5) is 14.3. The van der Waals surface area contributed by atoms with E-state index in [2.05, 4.69) is 5.32 Å². The van der Waals surface area contributed by atoms with E-state index in [-0.39, 0.29) is 12.1 Å². The van der Waals surface area contributed by atoms with Gasteiger partial charge in [-0.2, -0.15) is 0 Å². The summed E-state index contributed by atoms with van der Waals surface area (Å²) >= 11 is 0. The molecule has 1 saturated heterocycles. The number of benzene rings is 1. The number of urea groups is 1. The molecular formula is C17H24N2O4. The molecule has 126 valence electrons.